The van der Waals surface area contributed by atoms with Crippen molar-refractivity contribution >= 4 is 10.0 Å². The molecule has 0 spiro atoms. The second-order valence-electron chi connectivity index (χ2n) is 8.06. The maximum absolute atomic E-state index is 13.5. The van der Waals surface area contributed by atoms with Gasteiger partial charge >= 0.3 is 0 Å². The molecule has 2 aromatic rings. The van der Waals surface area contributed by atoms with Crippen molar-refractivity contribution in [1.29, 1.82) is 0 Å². The monoisotopic (exact) mass is 430 g/mol. The van der Waals surface area contributed by atoms with Gasteiger partial charge in [0.25, 0.3) is 0 Å². The van der Waals surface area contributed by atoms with Gasteiger partial charge in [0, 0.05) is 33.3 Å². The molecule has 0 amide bonds. The molecule has 162 valence electrons. The van der Waals surface area contributed by atoms with Crippen LogP contribution in [-0.4, -0.2) is 63.1 Å². The fourth-order valence-electron chi connectivity index (χ4n) is 4.46. The molecule has 2 aliphatic rings. The van der Waals surface area contributed by atoms with Crippen LogP contribution in [0.5, 0.6) is 5.75 Å². The number of fused-ring (bicyclic) bond motifs is 2. The minimum absolute atomic E-state index is 0.179. The van der Waals surface area contributed by atoms with Gasteiger partial charge in [-0.05, 0) is 43.0 Å². The fourth-order valence-corrected chi connectivity index (χ4v) is 6.25. The average Bonchev–Trinajstić information content (AvgIpc) is 2.97. The molecular weight excluding hydrogens is 400 g/mol. The molecule has 0 bridgehead atoms. The number of aryl methyl sites for hydroxylation is 1. The van der Waals surface area contributed by atoms with Crippen LogP contribution in [0.25, 0.3) is 0 Å². The molecule has 30 heavy (non-hydrogen) atoms. The third kappa shape index (κ3) is 4.25. The van der Waals surface area contributed by atoms with Gasteiger partial charge < -0.3 is 9.47 Å². The summed E-state index contributed by atoms with van der Waals surface area (Å²) in [6, 6.07) is 15.2. The van der Waals surface area contributed by atoms with E-state index in [4.69, 9.17) is 9.47 Å². The van der Waals surface area contributed by atoms with Crippen molar-refractivity contribution in [3.8, 4) is 5.75 Å². The van der Waals surface area contributed by atoms with E-state index in [-0.39, 0.29) is 17.0 Å². The first-order valence-electron chi connectivity index (χ1n) is 10.5. The van der Waals surface area contributed by atoms with Crippen molar-refractivity contribution < 1.29 is 17.9 Å². The largest absolute Gasteiger partial charge is 0.487 e. The van der Waals surface area contributed by atoms with Crippen LogP contribution in [0.3, 0.4) is 0 Å². The molecule has 0 unspecified atom stereocenters. The smallest absolute Gasteiger partial charge is 0.247 e. The number of rotatable bonds is 5. The summed E-state index contributed by atoms with van der Waals surface area (Å²) in [4.78, 5) is 2.67. The highest BCUT2D eigenvalue weighted by atomic mass is 32.2. The van der Waals surface area contributed by atoms with Crippen LogP contribution in [0.1, 0.15) is 24.0 Å². The third-order valence-electron chi connectivity index (χ3n) is 6.16. The molecule has 2 aliphatic heterocycles. The van der Waals surface area contributed by atoms with Crippen molar-refractivity contribution in [2.75, 3.05) is 33.4 Å². The van der Waals surface area contributed by atoms with Crippen molar-refractivity contribution in [2.45, 2.75) is 43.4 Å². The first-order valence-corrected chi connectivity index (χ1v) is 12.0. The van der Waals surface area contributed by atoms with Crippen LogP contribution in [0.4, 0.5) is 0 Å². The van der Waals surface area contributed by atoms with Crippen LogP contribution in [0.15, 0.2) is 53.4 Å². The summed E-state index contributed by atoms with van der Waals surface area (Å²) in [6.07, 6.45) is 1.33. The number of benzene rings is 2. The number of para-hydroxylation sites is 1. The molecule has 7 heteroatoms. The normalized spacial score (nSPS) is 24.2. The number of hydrogen-bond acceptors (Lipinski definition) is 5. The van der Waals surface area contributed by atoms with Gasteiger partial charge in [-0.25, -0.2) is 8.42 Å². The minimum atomic E-state index is -3.65. The SMILES string of the molecule is COCCN1[C@H]2CCN(Cc3ccccc3C)CC[C@@H]2Oc2ccccc2S1(=O)=O. The van der Waals surface area contributed by atoms with E-state index in [2.05, 4.69) is 36.1 Å². The first-order chi connectivity index (χ1) is 14.5. The quantitative estimate of drug-likeness (QED) is 0.730. The lowest BCUT2D eigenvalue weighted by atomic mass is 10.1. The molecule has 4 rings (SSSR count). The zero-order chi connectivity index (χ0) is 21.1. The highest BCUT2D eigenvalue weighted by molar-refractivity contribution is 7.89. The Hall–Kier alpha value is -1.93. The third-order valence-corrected chi connectivity index (χ3v) is 8.12. The zero-order valence-electron chi connectivity index (χ0n) is 17.7. The van der Waals surface area contributed by atoms with E-state index in [0.717, 1.165) is 32.5 Å². The predicted molar refractivity (Wildman–Crippen MR) is 116 cm³/mol. The molecule has 0 saturated carbocycles. The molecule has 2 atom stereocenters. The summed E-state index contributed by atoms with van der Waals surface area (Å²) < 4.78 is 40.2. The average molecular weight is 431 g/mol. The van der Waals surface area contributed by atoms with E-state index < -0.39 is 10.0 Å². The number of likely N-dealkylation sites (tertiary alicyclic amines) is 1. The maximum atomic E-state index is 13.5. The van der Waals surface area contributed by atoms with E-state index in [1.54, 1.807) is 29.6 Å². The summed E-state index contributed by atoms with van der Waals surface area (Å²) in [6.45, 7) is 5.39. The van der Waals surface area contributed by atoms with Crippen LogP contribution >= 0.6 is 0 Å². The standard InChI is InChI=1S/C23H30N2O4S/c1-18-7-3-4-8-19(18)17-24-13-11-20-21(12-14-24)29-22-9-5-6-10-23(22)30(26,27)25(20)15-16-28-2/h3-10,20-21H,11-17H2,1-2H3/t20-,21-/m0/s1. The molecule has 6 nitrogen and oxygen atoms in total. The Labute approximate surface area is 179 Å². The van der Waals surface area contributed by atoms with Crippen molar-refractivity contribution in [3.05, 3.63) is 59.7 Å². The van der Waals surface area contributed by atoms with Gasteiger partial charge in [0.2, 0.25) is 10.0 Å². The van der Waals surface area contributed by atoms with Crippen LogP contribution in [0, 0.1) is 6.92 Å². The second-order valence-corrected chi connectivity index (χ2v) is 9.92. The molecule has 0 N–H and O–H groups in total. The predicted octanol–water partition coefficient (Wildman–Crippen LogP) is 3.06. The van der Waals surface area contributed by atoms with Gasteiger partial charge in [-0.3, -0.25) is 4.90 Å². The second kappa shape index (κ2) is 9.06. The highest BCUT2D eigenvalue weighted by Gasteiger charge is 2.43. The van der Waals surface area contributed by atoms with Gasteiger partial charge in [0.05, 0.1) is 12.6 Å². The number of sulfonamides is 1. The number of methoxy groups -OCH3 is 1. The summed E-state index contributed by atoms with van der Waals surface area (Å²) in [5, 5.41) is 0. The van der Waals surface area contributed by atoms with Crippen LogP contribution in [0.2, 0.25) is 0 Å². The fraction of sp³-hybridized carbons (Fsp3) is 0.478. The van der Waals surface area contributed by atoms with Gasteiger partial charge in [0.1, 0.15) is 16.7 Å². The highest BCUT2D eigenvalue weighted by Crippen LogP contribution is 2.36. The molecule has 1 fully saturated rings. The zero-order valence-corrected chi connectivity index (χ0v) is 18.5. The van der Waals surface area contributed by atoms with E-state index >= 15 is 0 Å². The molecule has 2 aromatic carbocycles. The van der Waals surface area contributed by atoms with Crippen LogP contribution < -0.4 is 4.74 Å². The van der Waals surface area contributed by atoms with Gasteiger partial charge in [-0.15, -0.1) is 0 Å². The van der Waals surface area contributed by atoms with E-state index in [1.165, 1.54) is 11.1 Å². The lowest BCUT2D eigenvalue weighted by Gasteiger charge is -2.31. The minimum Gasteiger partial charge on any atom is -0.487 e. The molecule has 1 saturated heterocycles. The first kappa shape index (κ1) is 21.3. The molecular formula is C23H30N2O4S. The molecule has 2 heterocycles. The summed E-state index contributed by atoms with van der Waals surface area (Å²) >= 11 is 0. The molecule has 0 radical (unpaired) electrons. The summed E-state index contributed by atoms with van der Waals surface area (Å²) in [7, 11) is -2.05. The Kier molecular flexibility index (Phi) is 6.43. The number of nitrogens with zero attached hydrogens (tertiary/aromatic N) is 2. The van der Waals surface area contributed by atoms with E-state index in [1.807, 2.05) is 6.07 Å². The Balaban J connectivity index is 1.61. The van der Waals surface area contributed by atoms with Crippen molar-refractivity contribution in [1.82, 2.24) is 9.21 Å². The van der Waals surface area contributed by atoms with E-state index in [0.29, 0.717) is 18.9 Å². The summed E-state index contributed by atoms with van der Waals surface area (Å²) in [5.74, 6) is 0.458. The molecule has 0 aromatic heterocycles. The Morgan fingerprint density at radius 3 is 2.60 bits per heavy atom. The van der Waals surface area contributed by atoms with Crippen molar-refractivity contribution in [2.24, 2.45) is 0 Å². The summed E-state index contributed by atoms with van der Waals surface area (Å²) in [5.41, 5.74) is 2.60. The van der Waals surface area contributed by atoms with Gasteiger partial charge in [0.15, 0.2) is 0 Å². The lowest BCUT2D eigenvalue weighted by molar-refractivity contribution is 0.0958. The topological polar surface area (TPSA) is 59.1 Å². The Morgan fingerprint density at radius 2 is 1.80 bits per heavy atom. The number of hydrogen-bond donors (Lipinski definition) is 0. The molecule has 0 aliphatic carbocycles. The maximum Gasteiger partial charge on any atom is 0.247 e. The van der Waals surface area contributed by atoms with Gasteiger partial charge in [-0.2, -0.15) is 4.31 Å². The number of ether oxygens (including phenoxy) is 2. The van der Waals surface area contributed by atoms with Gasteiger partial charge in [-0.1, -0.05) is 36.4 Å². The lowest BCUT2D eigenvalue weighted by Crippen LogP contribution is -2.48. The van der Waals surface area contributed by atoms with Crippen molar-refractivity contribution in [3.63, 3.8) is 0 Å². The van der Waals surface area contributed by atoms with E-state index in [9.17, 15) is 8.42 Å². The Morgan fingerprint density at radius 1 is 1.07 bits per heavy atom. The Bertz CT molecular complexity index is 979. The van der Waals surface area contributed by atoms with Crippen LogP contribution in [-0.2, 0) is 21.3 Å².